The predicted molar refractivity (Wildman–Crippen MR) is 61.0 cm³/mol. The van der Waals surface area contributed by atoms with Crippen LogP contribution in [-0.4, -0.2) is 51.2 Å². The summed E-state index contributed by atoms with van der Waals surface area (Å²) in [5.74, 6) is -1.69. The quantitative estimate of drug-likeness (QED) is 0.577. The van der Waals surface area contributed by atoms with Crippen LogP contribution in [0.2, 0.25) is 0 Å². The third kappa shape index (κ3) is 2.54. The zero-order chi connectivity index (χ0) is 14.2. The first-order valence-corrected chi connectivity index (χ1v) is 5.49. The van der Waals surface area contributed by atoms with Crippen molar-refractivity contribution in [3.05, 3.63) is 39.7 Å². The summed E-state index contributed by atoms with van der Waals surface area (Å²) in [7, 11) is 0. The number of nitrogens with zero attached hydrogens (tertiary/aromatic N) is 2. The molecule has 0 bridgehead atoms. The summed E-state index contributed by atoms with van der Waals surface area (Å²) in [6, 6.07) is 2.82. The summed E-state index contributed by atoms with van der Waals surface area (Å²) in [6.45, 7) is -0.114. The largest absolute Gasteiger partial charge is 0.388 e. The molecule has 0 aliphatic carbocycles. The fourth-order valence-electron chi connectivity index (χ4n) is 1.91. The van der Waals surface area contributed by atoms with Gasteiger partial charge >= 0.3 is 5.69 Å². The van der Waals surface area contributed by atoms with E-state index in [1.165, 1.54) is 0 Å². The number of β-amino-alcohol motifs (C(OH)–C–C–N with tert-alkyl or cyclic N) is 2. The molecule has 1 aliphatic rings. The highest BCUT2D eigenvalue weighted by Crippen LogP contribution is 2.20. The summed E-state index contributed by atoms with van der Waals surface area (Å²) >= 11 is 0. The van der Waals surface area contributed by atoms with Gasteiger partial charge in [0.1, 0.15) is 0 Å². The summed E-state index contributed by atoms with van der Waals surface area (Å²) < 4.78 is 13.4. The van der Waals surface area contributed by atoms with E-state index in [9.17, 15) is 29.5 Å². The topological polar surface area (TPSA) is 104 Å². The molecule has 8 heteroatoms. The maximum Gasteiger partial charge on any atom is 0.304 e. The van der Waals surface area contributed by atoms with Crippen LogP contribution >= 0.6 is 0 Å². The molecule has 2 unspecified atom stereocenters. The number of rotatable bonds is 2. The third-order valence-corrected chi connectivity index (χ3v) is 2.94. The highest BCUT2D eigenvalue weighted by atomic mass is 19.1. The van der Waals surface area contributed by atoms with Crippen molar-refractivity contribution in [2.24, 2.45) is 0 Å². The molecule has 1 aromatic rings. The van der Waals surface area contributed by atoms with Crippen LogP contribution in [-0.2, 0) is 0 Å². The first-order chi connectivity index (χ1) is 8.90. The molecule has 0 radical (unpaired) electrons. The summed E-state index contributed by atoms with van der Waals surface area (Å²) in [4.78, 5) is 22.7. The number of nitro benzene ring substituents is 1. The Morgan fingerprint density at radius 2 is 1.95 bits per heavy atom. The number of hydrogen-bond acceptors (Lipinski definition) is 5. The minimum absolute atomic E-state index is 0.0569. The number of carbonyl (C=O) groups is 1. The lowest BCUT2D eigenvalue weighted by molar-refractivity contribution is -0.387. The molecule has 1 heterocycles. The molecular weight excluding hydrogens is 259 g/mol. The Kier molecular flexibility index (Phi) is 3.45. The molecule has 19 heavy (non-hydrogen) atoms. The number of aliphatic hydroxyl groups is 2. The Bertz CT molecular complexity index is 526. The maximum atomic E-state index is 13.4. The smallest absolute Gasteiger partial charge is 0.304 e. The van der Waals surface area contributed by atoms with E-state index in [4.69, 9.17) is 0 Å². The molecule has 2 N–H and O–H groups in total. The van der Waals surface area contributed by atoms with Gasteiger partial charge in [-0.05, 0) is 12.1 Å². The van der Waals surface area contributed by atoms with Crippen LogP contribution in [0.5, 0.6) is 0 Å². The van der Waals surface area contributed by atoms with Crippen molar-refractivity contribution in [1.29, 1.82) is 0 Å². The van der Waals surface area contributed by atoms with E-state index < -0.39 is 34.5 Å². The molecule has 0 spiro atoms. The third-order valence-electron chi connectivity index (χ3n) is 2.94. The molecule has 2 rings (SSSR count). The van der Waals surface area contributed by atoms with Crippen LogP contribution < -0.4 is 0 Å². The molecule has 0 saturated carbocycles. The standard InChI is InChI=1S/C11H11FN2O5/c12-7-3-6(1-2-8(7)14(18)19)11(17)13-4-9(15)10(16)5-13/h1-3,9-10,15-16H,4-5H2. The number of likely N-dealkylation sites (tertiary alicyclic amines) is 1. The number of benzene rings is 1. The first kappa shape index (κ1) is 13.4. The predicted octanol–water partition coefficient (Wildman–Crippen LogP) is -0.0885. The number of hydrogen-bond donors (Lipinski definition) is 2. The molecule has 1 amide bonds. The Morgan fingerprint density at radius 1 is 1.37 bits per heavy atom. The van der Waals surface area contributed by atoms with E-state index in [2.05, 4.69) is 0 Å². The number of aliphatic hydroxyl groups excluding tert-OH is 2. The molecule has 1 aromatic carbocycles. The van der Waals surface area contributed by atoms with Crippen molar-refractivity contribution in [3.8, 4) is 0 Å². The van der Waals surface area contributed by atoms with E-state index in [1.807, 2.05) is 0 Å². The van der Waals surface area contributed by atoms with E-state index in [0.29, 0.717) is 0 Å². The van der Waals surface area contributed by atoms with Crippen molar-refractivity contribution < 1.29 is 24.3 Å². The van der Waals surface area contributed by atoms with Gasteiger partial charge in [0.25, 0.3) is 5.91 Å². The second-order valence-corrected chi connectivity index (χ2v) is 4.27. The normalized spacial score (nSPS) is 22.6. The van der Waals surface area contributed by atoms with Gasteiger partial charge in [0, 0.05) is 24.7 Å². The highest BCUT2D eigenvalue weighted by Gasteiger charge is 2.33. The van der Waals surface area contributed by atoms with Crippen molar-refractivity contribution in [2.45, 2.75) is 12.2 Å². The average Bonchev–Trinajstić information content (AvgIpc) is 2.68. The van der Waals surface area contributed by atoms with Gasteiger partial charge in [0.2, 0.25) is 5.82 Å². The monoisotopic (exact) mass is 270 g/mol. The lowest BCUT2D eigenvalue weighted by Crippen LogP contribution is -2.29. The molecule has 1 saturated heterocycles. The van der Waals surface area contributed by atoms with Crippen molar-refractivity contribution in [2.75, 3.05) is 13.1 Å². The van der Waals surface area contributed by atoms with Crippen molar-refractivity contribution >= 4 is 11.6 Å². The SMILES string of the molecule is O=C(c1ccc([N+](=O)[O-])c(F)c1)N1CC(O)C(O)C1. The Morgan fingerprint density at radius 3 is 2.42 bits per heavy atom. The highest BCUT2D eigenvalue weighted by molar-refractivity contribution is 5.94. The van der Waals surface area contributed by atoms with Gasteiger partial charge in [-0.3, -0.25) is 14.9 Å². The van der Waals surface area contributed by atoms with Crippen molar-refractivity contribution in [3.63, 3.8) is 0 Å². The molecule has 2 atom stereocenters. The van der Waals surface area contributed by atoms with Gasteiger partial charge in [-0.15, -0.1) is 0 Å². The van der Waals surface area contributed by atoms with Crippen LogP contribution in [0.15, 0.2) is 18.2 Å². The zero-order valence-electron chi connectivity index (χ0n) is 9.69. The number of carbonyl (C=O) groups excluding carboxylic acids is 1. The number of halogens is 1. The maximum absolute atomic E-state index is 13.4. The summed E-state index contributed by atoms with van der Waals surface area (Å²) in [6.07, 6.45) is -2.07. The van der Waals surface area contributed by atoms with Gasteiger partial charge < -0.3 is 15.1 Å². The molecule has 102 valence electrons. The summed E-state index contributed by atoms with van der Waals surface area (Å²) in [5.41, 5.74) is -0.776. The molecule has 0 aromatic heterocycles. The van der Waals surface area contributed by atoms with Crippen LogP contribution in [0.25, 0.3) is 0 Å². The van der Waals surface area contributed by atoms with Crippen LogP contribution in [0.3, 0.4) is 0 Å². The Hall–Kier alpha value is -2.06. The van der Waals surface area contributed by atoms with Crippen LogP contribution in [0.1, 0.15) is 10.4 Å². The van der Waals surface area contributed by atoms with E-state index in [0.717, 1.165) is 23.1 Å². The van der Waals surface area contributed by atoms with E-state index in [1.54, 1.807) is 0 Å². The van der Waals surface area contributed by atoms with Crippen LogP contribution in [0.4, 0.5) is 10.1 Å². The molecule has 1 fully saturated rings. The molecule has 7 nitrogen and oxygen atoms in total. The van der Waals surface area contributed by atoms with E-state index in [-0.39, 0.29) is 18.7 Å². The minimum atomic E-state index is -1.10. The minimum Gasteiger partial charge on any atom is -0.388 e. The second-order valence-electron chi connectivity index (χ2n) is 4.27. The zero-order valence-corrected chi connectivity index (χ0v) is 9.69. The molecular formula is C11H11FN2O5. The number of nitro groups is 1. The Labute approximate surface area is 107 Å². The molecule has 1 aliphatic heterocycles. The Balaban J connectivity index is 2.21. The van der Waals surface area contributed by atoms with Crippen molar-refractivity contribution in [1.82, 2.24) is 4.90 Å². The average molecular weight is 270 g/mol. The fraction of sp³-hybridized carbons (Fsp3) is 0.364. The first-order valence-electron chi connectivity index (χ1n) is 5.49. The van der Waals surface area contributed by atoms with Gasteiger partial charge in [-0.25, -0.2) is 0 Å². The van der Waals surface area contributed by atoms with Gasteiger partial charge in [-0.1, -0.05) is 0 Å². The number of amides is 1. The van der Waals surface area contributed by atoms with Crippen LogP contribution in [0, 0.1) is 15.9 Å². The lowest BCUT2D eigenvalue weighted by Gasteiger charge is -2.15. The lowest BCUT2D eigenvalue weighted by atomic mass is 10.1. The van der Waals surface area contributed by atoms with Gasteiger partial charge in [0.05, 0.1) is 17.1 Å². The van der Waals surface area contributed by atoms with Gasteiger partial charge in [0.15, 0.2) is 0 Å². The fourth-order valence-corrected chi connectivity index (χ4v) is 1.91. The second kappa shape index (κ2) is 4.90. The van der Waals surface area contributed by atoms with E-state index >= 15 is 0 Å². The van der Waals surface area contributed by atoms with Gasteiger partial charge in [-0.2, -0.15) is 4.39 Å². The summed E-state index contributed by atoms with van der Waals surface area (Å²) in [5, 5.41) is 29.1.